The van der Waals surface area contributed by atoms with Gasteiger partial charge in [0.2, 0.25) is 21.8 Å². The summed E-state index contributed by atoms with van der Waals surface area (Å²) in [5.41, 5.74) is -1.38. The van der Waals surface area contributed by atoms with Gasteiger partial charge in [-0.25, -0.2) is 8.42 Å². The Morgan fingerprint density at radius 2 is 1.61 bits per heavy atom. The van der Waals surface area contributed by atoms with Crippen molar-refractivity contribution in [2.24, 2.45) is 0 Å². The SMILES string of the molecule is CC[C@H](C)NC(=O)[C@H](C)N(Cc1c(Cl)cccc1Cl)C(=O)CN(c1ccc(Cl)c(C(F)(F)F)c1)S(C)(=O)=O. The summed E-state index contributed by atoms with van der Waals surface area (Å²) < 4.78 is 66.0. The molecule has 0 radical (unpaired) electrons. The Morgan fingerprint density at radius 3 is 2.11 bits per heavy atom. The van der Waals surface area contributed by atoms with Crippen LogP contribution in [0, 0.1) is 0 Å². The number of rotatable bonds is 10. The molecule has 2 atom stereocenters. The van der Waals surface area contributed by atoms with Crippen LogP contribution in [0.4, 0.5) is 18.9 Å². The lowest BCUT2D eigenvalue weighted by molar-refractivity contribution is -0.139. The number of carbonyl (C=O) groups is 2. The van der Waals surface area contributed by atoms with E-state index in [9.17, 15) is 31.2 Å². The van der Waals surface area contributed by atoms with Gasteiger partial charge in [0, 0.05) is 28.2 Å². The van der Waals surface area contributed by atoms with Crippen LogP contribution in [0.2, 0.25) is 15.1 Å². The van der Waals surface area contributed by atoms with E-state index in [0.717, 1.165) is 23.3 Å². The molecular formula is C24H27Cl3F3N3O4S. The van der Waals surface area contributed by atoms with Crippen molar-refractivity contribution in [1.29, 1.82) is 0 Å². The number of hydrogen-bond donors (Lipinski definition) is 1. The molecule has 0 aliphatic rings. The molecule has 0 spiro atoms. The molecule has 14 heteroatoms. The molecule has 0 aromatic heterocycles. The summed E-state index contributed by atoms with van der Waals surface area (Å²) in [6.45, 7) is 3.90. The van der Waals surface area contributed by atoms with E-state index in [1.165, 1.54) is 19.1 Å². The molecule has 0 aliphatic carbocycles. The number of sulfonamides is 1. The summed E-state index contributed by atoms with van der Waals surface area (Å²) in [5, 5.41) is 2.53. The van der Waals surface area contributed by atoms with Crippen molar-refractivity contribution >= 4 is 62.3 Å². The zero-order valence-electron chi connectivity index (χ0n) is 20.9. The third-order valence-corrected chi connectivity index (χ3v) is 7.96. The highest BCUT2D eigenvalue weighted by Gasteiger charge is 2.36. The van der Waals surface area contributed by atoms with Crippen LogP contribution in [0.5, 0.6) is 0 Å². The molecule has 0 heterocycles. The summed E-state index contributed by atoms with van der Waals surface area (Å²) in [6.07, 6.45) is -3.51. The van der Waals surface area contributed by atoms with E-state index in [0.29, 0.717) is 22.4 Å². The number of hydrogen-bond acceptors (Lipinski definition) is 4. The van der Waals surface area contributed by atoms with Gasteiger partial charge in [0.1, 0.15) is 12.6 Å². The topological polar surface area (TPSA) is 86.8 Å². The Morgan fingerprint density at radius 1 is 1.03 bits per heavy atom. The molecule has 2 aromatic carbocycles. The predicted molar refractivity (Wildman–Crippen MR) is 143 cm³/mol. The fourth-order valence-electron chi connectivity index (χ4n) is 3.40. The summed E-state index contributed by atoms with van der Waals surface area (Å²) in [4.78, 5) is 27.5. The minimum absolute atomic E-state index is 0.206. The fraction of sp³-hybridized carbons (Fsp3) is 0.417. The molecule has 38 heavy (non-hydrogen) atoms. The average Bonchev–Trinajstić information content (AvgIpc) is 2.80. The zero-order chi connectivity index (χ0) is 29.0. The van der Waals surface area contributed by atoms with Gasteiger partial charge in [0.25, 0.3) is 0 Å². The lowest BCUT2D eigenvalue weighted by Crippen LogP contribution is -2.52. The largest absolute Gasteiger partial charge is 0.417 e. The lowest BCUT2D eigenvalue weighted by Gasteiger charge is -2.32. The van der Waals surface area contributed by atoms with Gasteiger partial charge < -0.3 is 10.2 Å². The zero-order valence-corrected chi connectivity index (χ0v) is 24.0. The fourth-order valence-corrected chi connectivity index (χ4v) is 4.98. The lowest BCUT2D eigenvalue weighted by atomic mass is 10.1. The number of alkyl halides is 3. The number of halogens is 6. The second kappa shape index (κ2) is 12.8. The van der Waals surface area contributed by atoms with Gasteiger partial charge in [0.05, 0.1) is 22.5 Å². The second-order valence-corrected chi connectivity index (χ2v) is 11.8. The van der Waals surface area contributed by atoms with Crippen molar-refractivity contribution in [2.45, 2.75) is 52.0 Å². The van der Waals surface area contributed by atoms with Crippen LogP contribution in [0.1, 0.15) is 38.3 Å². The molecule has 2 amide bonds. The minimum atomic E-state index is -4.87. The third kappa shape index (κ3) is 8.14. The molecule has 0 bridgehead atoms. The molecule has 2 aromatic rings. The molecule has 210 valence electrons. The van der Waals surface area contributed by atoms with Gasteiger partial charge in [-0.2, -0.15) is 13.2 Å². The number of nitrogens with zero attached hydrogens (tertiary/aromatic N) is 2. The van der Waals surface area contributed by atoms with Crippen LogP contribution in [0.25, 0.3) is 0 Å². The van der Waals surface area contributed by atoms with Gasteiger partial charge in [-0.15, -0.1) is 0 Å². The van der Waals surface area contributed by atoms with Crippen LogP contribution < -0.4 is 9.62 Å². The molecule has 0 unspecified atom stereocenters. The number of amides is 2. The monoisotopic (exact) mass is 615 g/mol. The highest BCUT2D eigenvalue weighted by atomic mass is 35.5. The van der Waals surface area contributed by atoms with Crippen LogP contribution >= 0.6 is 34.8 Å². The van der Waals surface area contributed by atoms with Gasteiger partial charge in [-0.05, 0) is 50.6 Å². The summed E-state index contributed by atoms with van der Waals surface area (Å²) in [6, 6.07) is 5.82. The van der Waals surface area contributed by atoms with Crippen LogP contribution in [0.3, 0.4) is 0 Å². The molecule has 7 nitrogen and oxygen atoms in total. The standard InChI is InChI=1S/C24H27Cl3F3N3O4S/c1-5-14(2)31-23(35)15(3)32(12-17-19(25)7-6-8-20(17)26)22(34)13-33(38(4,36)37)16-9-10-21(27)18(11-16)24(28,29)30/h6-11,14-15H,5,12-13H2,1-4H3,(H,31,35)/t14-,15-/m0/s1. The van der Waals surface area contributed by atoms with E-state index in [-0.39, 0.29) is 22.6 Å². The maximum absolute atomic E-state index is 13.6. The number of nitrogens with one attached hydrogen (secondary N) is 1. The van der Waals surface area contributed by atoms with Crippen LogP contribution in [-0.2, 0) is 32.3 Å². The molecule has 0 saturated heterocycles. The average molecular weight is 617 g/mol. The summed E-state index contributed by atoms with van der Waals surface area (Å²) in [7, 11) is -4.26. The van der Waals surface area contributed by atoms with Crippen molar-refractivity contribution in [3.8, 4) is 0 Å². The molecule has 0 saturated carbocycles. The Labute approximate surface area is 234 Å². The van der Waals surface area contributed by atoms with Crippen molar-refractivity contribution in [1.82, 2.24) is 10.2 Å². The Bertz CT molecular complexity index is 1270. The summed E-state index contributed by atoms with van der Waals surface area (Å²) >= 11 is 18.2. The van der Waals surface area contributed by atoms with Crippen molar-refractivity contribution in [3.63, 3.8) is 0 Å². The number of carbonyl (C=O) groups excluding carboxylic acids is 2. The van der Waals surface area contributed by atoms with E-state index >= 15 is 0 Å². The summed E-state index contributed by atoms with van der Waals surface area (Å²) in [5.74, 6) is -1.39. The maximum Gasteiger partial charge on any atom is 0.417 e. The molecule has 1 N–H and O–H groups in total. The van der Waals surface area contributed by atoms with Crippen molar-refractivity contribution in [3.05, 3.63) is 62.6 Å². The number of anilines is 1. The molecule has 2 rings (SSSR count). The van der Waals surface area contributed by atoms with E-state index < -0.39 is 56.9 Å². The highest BCUT2D eigenvalue weighted by molar-refractivity contribution is 7.92. The molecular weight excluding hydrogens is 590 g/mol. The third-order valence-electron chi connectivity index (χ3n) is 5.78. The maximum atomic E-state index is 13.6. The van der Waals surface area contributed by atoms with E-state index in [1.807, 2.05) is 6.92 Å². The second-order valence-electron chi connectivity index (χ2n) is 8.65. The Balaban J connectivity index is 2.53. The van der Waals surface area contributed by atoms with E-state index in [1.54, 1.807) is 13.0 Å². The van der Waals surface area contributed by atoms with Crippen LogP contribution in [0.15, 0.2) is 36.4 Å². The van der Waals surface area contributed by atoms with Gasteiger partial charge in [-0.3, -0.25) is 13.9 Å². The minimum Gasteiger partial charge on any atom is -0.352 e. The smallest absolute Gasteiger partial charge is 0.352 e. The van der Waals surface area contributed by atoms with E-state index in [2.05, 4.69) is 5.32 Å². The molecule has 0 aliphatic heterocycles. The first-order chi connectivity index (χ1) is 17.5. The normalized spacial score (nSPS) is 13.5. The van der Waals surface area contributed by atoms with Crippen LogP contribution in [-0.4, -0.2) is 50.0 Å². The van der Waals surface area contributed by atoms with E-state index in [4.69, 9.17) is 34.8 Å². The Hall–Kier alpha value is -2.21. The Kier molecular flexibility index (Phi) is 10.7. The van der Waals surface area contributed by atoms with Crippen molar-refractivity contribution in [2.75, 3.05) is 17.1 Å². The predicted octanol–water partition coefficient (Wildman–Crippen LogP) is 5.76. The molecule has 0 fully saturated rings. The van der Waals surface area contributed by atoms with Gasteiger partial charge in [-0.1, -0.05) is 47.8 Å². The highest BCUT2D eigenvalue weighted by Crippen LogP contribution is 2.37. The number of benzene rings is 2. The van der Waals surface area contributed by atoms with Crippen molar-refractivity contribution < 1.29 is 31.2 Å². The quantitative estimate of drug-likeness (QED) is 0.368. The first kappa shape index (κ1) is 32.0. The first-order valence-corrected chi connectivity index (χ1v) is 14.3. The first-order valence-electron chi connectivity index (χ1n) is 11.3. The van der Waals surface area contributed by atoms with Gasteiger partial charge in [0.15, 0.2) is 0 Å². The van der Waals surface area contributed by atoms with Gasteiger partial charge >= 0.3 is 6.18 Å².